The average Bonchev–Trinajstić information content (AvgIpc) is 3.73. The number of carbonyl (C=O) groups is 2. The van der Waals surface area contributed by atoms with E-state index >= 15 is 0 Å². The lowest BCUT2D eigenvalue weighted by Crippen LogP contribution is -2.30. The smallest absolute Gasteiger partial charge is 0.266 e. The van der Waals surface area contributed by atoms with Gasteiger partial charge in [-0.25, -0.2) is 0 Å². The highest BCUT2D eigenvalue weighted by molar-refractivity contribution is 5.93. The molecule has 10 heteroatoms. The third-order valence-electron chi connectivity index (χ3n) is 6.99. The molecule has 0 bridgehead atoms. The summed E-state index contributed by atoms with van der Waals surface area (Å²) in [6.45, 7) is 0. The number of hydrogen-bond donors (Lipinski definition) is 6. The van der Waals surface area contributed by atoms with Crippen molar-refractivity contribution in [2.24, 2.45) is 28.5 Å². The molecular formula is C26H35N7O3. The average molecular weight is 494 g/mol. The topological polar surface area (TPSA) is 174 Å². The first-order valence-electron chi connectivity index (χ1n) is 12.3. The molecule has 0 aliphatic heterocycles. The summed E-state index contributed by atoms with van der Waals surface area (Å²) in [5, 5.41) is 12.3. The summed E-state index contributed by atoms with van der Waals surface area (Å²) in [5.74, 6) is -0.496. The van der Waals surface area contributed by atoms with E-state index in [9.17, 15) is 9.59 Å². The van der Waals surface area contributed by atoms with Crippen LogP contribution in [0.2, 0.25) is 0 Å². The van der Waals surface area contributed by atoms with Gasteiger partial charge in [-0.3, -0.25) is 14.7 Å². The standard InChI is InChI=1S/C19H23N7O3.C7H12/c1-29-17-12(11-8-23-24-9-11)3-2-4-13(17)25-14(16(21)18(22)27)7-15(20)26-19(28)10-5-6-10;1-2-4-7(3-1)5-6-7/h2-4,7-10,25H,5-6,20-21H2,1H3,(H2,22,27)(H,23,24)(H,26,28);1-6H2/b15-7+,16-14+;. The van der Waals surface area contributed by atoms with Crippen molar-refractivity contribution in [2.75, 3.05) is 12.4 Å². The molecule has 3 fully saturated rings. The van der Waals surface area contributed by atoms with Crippen LogP contribution in [0.15, 0.2) is 53.9 Å². The number of benzene rings is 1. The van der Waals surface area contributed by atoms with E-state index in [0.29, 0.717) is 11.4 Å². The Morgan fingerprint density at radius 2 is 1.86 bits per heavy atom. The highest BCUT2D eigenvalue weighted by atomic mass is 16.5. The van der Waals surface area contributed by atoms with E-state index in [0.717, 1.165) is 29.4 Å². The lowest BCUT2D eigenvalue weighted by molar-refractivity contribution is -0.121. The van der Waals surface area contributed by atoms with Crippen molar-refractivity contribution >= 4 is 17.5 Å². The molecule has 10 nitrogen and oxygen atoms in total. The van der Waals surface area contributed by atoms with E-state index in [-0.39, 0.29) is 29.0 Å². The zero-order valence-corrected chi connectivity index (χ0v) is 20.6. The lowest BCUT2D eigenvalue weighted by atomic mass is 10.1. The van der Waals surface area contributed by atoms with Crippen LogP contribution < -0.4 is 32.6 Å². The van der Waals surface area contributed by atoms with Gasteiger partial charge in [0.15, 0.2) is 0 Å². The molecule has 2 aromatic rings. The van der Waals surface area contributed by atoms with Crippen LogP contribution in [-0.4, -0.2) is 29.1 Å². The number of rotatable bonds is 8. The van der Waals surface area contributed by atoms with Crippen LogP contribution in [0.25, 0.3) is 11.1 Å². The number of aromatic nitrogens is 2. The van der Waals surface area contributed by atoms with Crippen LogP contribution in [0.1, 0.15) is 51.4 Å². The van der Waals surface area contributed by atoms with Crippen LogP contribution in [0.5, 0.6) is 5.75 Å². The molecule has 0 saturated heterocycles. The monoisotopic (exact) mass is 493 g/mol. The van der Waals surface area contributed by atoms with Gasteiger partial charge >= 0.3 is 0 Å². The SMILES string of the molecule is C1CCC2(C1)CC2.COc1c(NC(/C=C(\N)NC(=O)C2CC2)=C(/N)C(N)=O)cccc1-c1cn[nH]c1. The van der Waals surface area contributed by atoms with Gasteiger partial charge in [-0.05, 0) is 50.0 Å². The van der Waals surface area contributed by atoms with Crippen molar-refractivity contribution < 1.29 is 14.3 Å². The van der Waals surface area contributed by atoms with Gasteiger partial charge in [-0.15, -0.1) is 0 Å². The number of allylic oxidation sites excluding steroid dienone is 1. The van der Waals surface area contributed by atoms with E-state index in [1.807, 2.05) is 6.07 Å². The van der Waals surface area contributed by atoms with Gasteiger partial charge in [0.1, 0.15) is 17.3 Å². The molecule has 0 unspecified atom stereocenters. The number of nitrogens with one attached hydrogen (secondary N) is 3. The fraction of sp³-hybridized carbons (Fsp3) is 0.423. The third kappa shape index (κ3) is 6.18. The van der Waals surface area contributed by atoms with Gasteiger partial charge in [0.2, 0.25) is 5.91 Å². The summed E-state index contributed by atoms with van der Waals surface area (Å²) < 4.78 is 5.55. The molecule has 2 amide bonds. The number of nitrogens with two attached hydrogens (primary N) is 3. The number of amides is 2. The summed E-state index contributed by atoms with van der Waals surface area (Å²) in [5.41, 5.74) is 20.0. The second-order valence-electron chi connectivity index (χ2n) is 9.76. The van der Waals surface area contributed by atoms with Crippen molar-refractivity contribution in [3.8, 4) is 16.9 Å². The van der Waals surface area contributed by atoms with Gasteiger partial charge in [0.05, 0.1) is 24.7 Å². The largest absolute Gasteiger partial charge is 0.494 e. The molecule has 1 aromatic heterocycles. The fourth-order valence-corrected chi connectivity index (χ4v) is 4.52. The predicted molar refractivity (Wildman–Crippen MR) is 138 cm³/mol. The number of carbonyl (C=O) groups excluding carboxylic acids is 2. The van der Waals surface area contributed by atoms with Crippen LogP contribution in [0.3, 0.4) is 0 Å². The molecule has 5 rings (SSSR count). The van der Waals surface area contributed by atoms with Crippen molar-refractivity contribution in [2.45, 2.75) is 51.4 Å². The summed E-state index contributed by atoms with van der Waals surface area (Å²) in [7, 11) is 1.52. The number of methoxy groups -OCH3 is 1. The maximum atomic E-state index is 11.9. The molecule has 3 aliphatic carbocycles. The molecule has 3 saturated carbocycles. The van der Waals surface area contributed by atoms with Gasteiger partial charge in [-0.1, -0.05) is 25.0 Å². The molecule has 36 heavy (non-hydrogen) atoms. The Balaban J connectivity index is 0.000000367. The Kier molecular flexibility index (Phi) is 7.52. The number of primary amides is 1. The molecule has 0 radical (unpaired) electrons. The molecule has 9 N–H and O–H groups in total. The highest BCUT2D eigenvalue weighted by Gasteiger charge is 2.43. The molecule has 0 atom stereocenters. The molecule has 1 spiro atoms. The number of ether oxygens (including phenoxy) is 1. The maximum Gasteiger partial charge on any atom is 0.266 e. The van der Waals surface area contributed by atoms with Crippen LogP contribution in [0, 0.1) is 11.3 Å². The van der Waals surface area contributed by atoms with Gasteiger partial charge < -0.3 is 32.6 Å². The quantitative estimate of drug-likeness (QED) is 0.242. The van der Waals surface area contributed by atoms with E-state index in [1.54, 1.807) is 50.2 Å². The van der Waals surface area contributed by atoms with Crippen molar-refractivity contribution in [3.63, 3.8) is 0 Å². The third-order valence-corrected chi connectivity index (χ3v) is 6.99. The molecule has 1 aromatic carbocycles. The molecule has 1 heterocycles. The maximum absolute atomic E-state index is 11.9. The van der Waals surface area contributed by atoms with Gasteiger partial charge in [-0.2, -0.15) is 5.10 Å². The number of hydrogen-bond acceptors (Lipinski definition) is 7. The Morgan fingerprint density at radius 1 is 1.14 bits per heavy atom. The Bertz CT molecular complexity index is 1150. The number of H-pyrrole nitrogens is 1. The highest BCUT2D eigenvalue weighted by Crippen LogP contribution is 2.57. The first-order chi connectivity index (χ1) is 17.3. The van der Waals surface area contributed by atoms with Gasteiger partial charge in [0.25, 0.3) is 5.91 Å². The zero-order valence-electron chi connectivity index (χ0n) is 20.6. The summed E-state index contributed by atoms with van der Waals surface area (Å²) in [4.78, 5) is 23.6. The van der Waals surface area contributed by atoms with Crippen LogP contribution in [-0.2, 0) is 9.59 Å². The van der Waals surface area contributed by atoms with E-state index in [1.165, 1.54) is 26.0 Å². The van der Waals surface area contributed by atoms with Gasteiger partial charge in [0, 0.05) is 29.3 Å². The second kappa shape index (κ2) is 10.8. The molecule has 192 valence electrons. The minimum Gasteiger partial charge on any atom is -0.494 e. The molecular weight excluding hydrogens is 458 g/mol. The minimum atomic E-state index is -0.838. The van der Waals surface area contributed by atoms with E-state index in [2.05, 4.69) is 20.8 Å². The number of para-hydroxylation sites is 1. The summed E-state index contributed by atoms with van der Waals surface area (Å²) in [6, 6.07) is 5.40. The first-order valence-corrected chi connectivity index (χ1v) is 12.3. The van der Waals surface area contributed by atoms with Crippen LogP contribution >= 0.6 is 0 Å². The number of aromatic amines is 1. The summed E-state index contributed by atoms with van der Waals surface area (Å²) >= 11 is 0. The minimum absolute atomic E-state index is 0.0254. The van der Waals surface area contributed by atoms with Crippen molar-refractivity contribution in [1.29, 1.82) is 0 Å². The Labute approximate surface area is 210 Å². The predicted octanol–water partition coefficient (Wildman–Crippen LogP) is 2.82. The normalized spacial score (nSPS) is 18.5. The Hall–Kier alpha value is -3.95. The zero-order chi connectivity index (χ0) is 25.7. The lowest BCUT2D eigenvalue weighted by Gasteiger charge is -2.16. The number of anilines is 1. The van der Waals surface area contributed by atoms with Crippen molar-refractivity contribution in [3.05, 3.63) is 53.9 Å². The number of nitrogens with zero attached hydrogens (tertiary/aromatic N) is 1. The fourth-order valence-electron chi connectivity index (χ4n) is 4.52. The first kappa shape index (κ1) is 25.2. The summed E-state index contributed by atoms with van der Waals surface area (Å²) in [6.07, 6.45) is 15.7. The Morgan fingerprint density at radius 3 is 2.39 bits per heavy atom. The van der Waals surface area contributed by atoms with Crippen molar-refractivity contribution in [1.82, 2.24) is 15.5 Å². The molecule has 3 aliphatic rings. The van der Waals surface area contributed by atoms with E-state index in [4.69, 9.17) is 21.9 Å². The van der Waals surface area contributed by atoms with E-state index < -0.39 is 5.91 Å². The second-order valence-corrected chi connectivity index (χ2v) is 9.76. The van der Waals surface area contributed by atoms with Crippen LogP contribution in [0.4, 0.5) is 5.69 Å².